The van der Waals surface area contributed by atoms with Gasteiger partial charge in [-0.2, -0.15) is 0 Å². The highest BCUT2D eigenvalue weighted by atomic mass is 16.5. The van der Waals surface area contributed by atoms with Gasteiger partial charge in [0.15, 0.2) is 5.75 Å². The predicted octanol–water partition coefficient (Wildman–Crippen LogP) is 6.13. The first kappa shape index (κ1) is 20.4. The van der Waals surface area contributed by atoms with E-state index in [0.717, 1.165) is 30.4 Å². The maximum absolute atomic E-state index is 5.67. The van der Waals surface area contributed by atoms with Gasteiger partial charge in [-0.3, -0.25) is 0 Å². The highest BCUT2D eigenvalue weighted by Gasteiger charge is 2.19. The molecule has 0 radical (unpaired) electrons. The molecular weight excluding hydrogens is 344 g/mol. The lowest BCUT2D eigenvalue weighted by Gasteiger charge is -2.26. The highest BCUT2D eigenvalue weighted by Crippen LogP contribution is 2.35. The fourth-order valence-corrected chi connectivity index (χ4v) is 3.73. The molecule has 1 heterocycles. The molecule has 3 heteroatoms. The molecule has 1 aromatic carbocycles. The summed E-state index contributed by atoms with van der Waals surface area (Å²) in [6.45, 7) is 5.30. The van der Waals surface area contributed by atoms with Gasteiger partial charge in [0.25, 0.3) is 0 Å². The molecule has 0 aliphatic heterocycles. The molecule has 0 spiro atoms. The molecule has 0 N–H and O–H groups in total. The average Bonchev–Trinajstić information content (AvgIpc) is 2.74. The molecule has 1 aliphatic carbocycles. The van der Waals surface area contributed by atoms with Crippen molar-refractivity contribution in [3.8, 4) is 17.6 Å². The number of rotatable bonds is 7. The minimum absolute atomic E-state index is 0.531. The van der Waals surface area contributed by atoms with Gasteiger partial charge in [-0.25, -0.2) is 9.97 Å². The van der Waals surface area contributed by atoms with E-state index in [4.69, 9.17) is 4.74 Å². The van der Waals surface area contributed by atoms with Crippen molar-refractivity contribution >= 4 is 0 Å². The Bertz CT molecular complexity index is 763. The van der Waals surface area contributed by atoms with Crippen molar-refractivity contribution < 1.29 is 4.74 Å². The third-order valence-corrected chi connectivity index (χ3v) is 5.61. The smallest absolute Gasteiger partial charge is 0.205 e. The topological polar surface area (TPSA) is 35.0 Å². The van der Waals surface area contributed by atoms with Crippen molar-refractivity contribution in [1.82, 2.24) is 9.97 Å². The third kappa shape index (κ3) is 6.37. The van der Waals surface area contributed by atoms with Crippen LogP contribution in [-0.2, 0) is 0 Å². The second-order valence-corrected chi connectivity index (χ2v) is 7.98. The van der Waals surface area contributed by atoms with E-state index in [-0.39, 0.29) is 0 Å². The summed E-state index contributed by atoms with van der Waals surface area (Å²) < 4.78 is 5.67. The zero-order valence-corrected chi connectivity index (χ0v) is 17.3. The first-order chi connectivity index (χ1) is 13.7. The van der Waals surface area contributed by atoms with Crippen molar-refractivity contribution in [1.29, 1.82) is 0 Å². The van der Waals surface area contributed by atoms with Gasteiger partial charge < -0.3 is 4.74 Å². The molecule has 0 amide bonds. The summed E-state index contributed by atoms with van der Waals surface area (Å²) in [4.78, 5) is 8.59. The molecule has 1 aromatic heterocycles. The summed E-state index contributed by atoms with van der Waals surface area (Å²) in [6, 6.07) is 8.71. The van der Waals surface area contributed by atoms with E-state index in [1.807, 2.05) is 0 Å². The molecule has 148 valence electrons. The van der Waals surface area contributed by atoms with Crippen molar-refractivity contribution in [3.05, 3.63) is 53.6 Å². The summed E-state index contributed by atoms with van der Waals surface area (Å²) in [6.07, 6.45) is 13.5. The molecule has 3 nitrogen and oxygen atoms in total. The van der Waals surface area contributed by atoms with E-state index in [2.05, 4.69) is 59.9 Å². The normalized spacial score (nSPS) is 18.9. The number of aromatic nitrogens is 2. The van der Waals surface area contributed by atoms with Crippen LogP contribution in [-0.4, -0.2) is 16.6 Å². The Morgan fingerprint density at radius 2 is 1.64 bits per heavy atom. The van der Waals surface area contributed by atoms with Gasteiger partial charge in [0.05, 0.1) is 19.0 Å². The van der Waals surface area contributed by atoms with Crippen LogP contribution in [0.15, 0.2) is 36.7 Å². The van der Waals surface area contributed by atoms with E-state index < -0.39 is 0 Å². The van der Waals surface area contributed by atoms with E-state index in [1.54, 1.807) is 12.4 Å². The molecule has 0 saturated heterocycles. The quantitative estimate of drug-likeness (QED) is 0.431. The van der Waals surface area contributed by atoms with Gasteiger partial charge in [-0.1, -0.05) is 64.0 Å². The highest BCUT2D eigenvalue weighted by molar-refractivity contribution is 5.40. The lowest BCUT2D eigenvalue weighted by molar-refractivity contribution is 0.302. The molecule has 1 saturated carbocycles. The Morgan fingerprint density at radius 1 is 0.929 bits per heavy atom. The fraction of sp³-hybridized carbons (Fsp3) is 0.520. The maximum Gasteiger partial charge on any atom is 0.205 e. The monoisotopic (exact) mass is 376 g/mol. The Morgan fingerprint density at radius 3 is 2.32 bits per heavy atom. The van der Waals surface area contributed by atoms with Crippen molar-refractivity contribution in [3.63, 3.8) is 0 Å². The number of hydrogen-bond acceptors (Lipinski definition) is 3. The molecule has 0 bridgehead atoms. The largest absolute Gasteiger partial charge is 0.490 e. The van der Waals surface area contributed by atoms with Gasteiger partial charge in [0.1, 0.15) is 0 Å². The zero-order valence-electron chi connectivity index (χ0n) is 17.3. The first-order valence-corrected chi connectivity index (χ1v) is 10.8. The number of benzene rings is 1. The van der Waals surface area contributed by atoms with Crippen LogP contribution in [0.4, 0.5) is 0 Å². The van der Waals surface area contributed by atoms with E-state index in [1.165, 1.54) is 50.5 Å². The number of ether oxygens (including phenoxy) is 1. The van der Waals surface area contributed by atoms with Crippen LogP contribution < -0.4 is 4.74 Å². The molecule has 3 rings (SSSR count). The maximum atomic E-state index is 5.67. The lowest BCUT2D eigenvalue weighted by Crippen LogP contribution is -2.10. The zero-order chi connectivity index (χ0) is 19.6. The van der Waals surface area contributed by atoms with Crippen LogP contribution >= 0.6 is 0 Å². The number of nitrogens with zero attached hydrogens (tertiary/aromatic N) is 2. The number of hydrogen-bond donors (Lipinski definition) is 0. The van der Waals surface area contributed by atoms with E-state index >= 15 is 0 Å². The summed E-state index contributed by atoms with van der Waals surface area (Å²) in [5.74, 6) is 9.07. The molecule has 2 aromatic rings. The van der Waals surface area contributed by atoms with Crippen molar-refractivity contribution in [2.45, 2.75) is 71.1 Å². The Hall–Kier alpha value is -2.34. The molecule has 0 unspecified atom stereocenters. The predicted molar refractivity (Wildman–Crippen MR) is 114 cm³/mol. The van der Waals surface area contributed by atoms with Gasteiger partial charge in [0, 0.05) is 5.56 Å². The van der Waals surface area contributed by atoms with Gasteiger partial charge in [0.2, 0.25) is 5.82 Å². The summed E-state index contributed by atoms with van der Waals surface area (Å²) in [7, 11) is 0. The number of unbranched alkanes of at least 4 members (excludes halogenated alkanes) is 3. The molecular formula is C25H32N2O. The second kappa shape index (κ2) is 10.9. The van der Waals surface area contributed by atoms with Crippen molar-refractivity contribution in [2.24, 2.45) is 5.92 Å². The minimum Gasteiger partial charge on any atom is -0.490 e. The SMILES string of the molecule is CCCCCCOc1cnc(C#Cc2ccc(C3CCC(C)CC3)cc2)nc1. The molecule has 28 heavy (non-hydrogen) atoms. The van der Waals surface area contributed by atoms with Gasteiger partial charge >= 0.3 is 0 Å². The summed E-state index contributed by atoms with van der Waals surface area (Å²) in [5, 5.41) is 0. The van der Waals surface area contributed by atoms with Gasteiger partial charge in [-0.15, -0.1) is 0 Å². The molecule has 0 atom stereocenters. The van der Waals surface area contributed by atoms with Crippen LogP contribution in [0.1, 0.15) is 88.1 Å². The van der Waals surface area contributed by atoms with Gasteiger partial charge in [-0.05, 0) is 54.7 Å². The average molecular weight is 377 g/mol. The van der Waals surface area contributed by atoms with Crippen LogP contribution in [0.25, 0.3) is 0 Å². The van der Waals surface area contributed by atoms with Crippen LogP contribution in [0.5, 0.6) is 5.75 Å². The summed E-state index contributed by atoms with van der Waals surface area (Å²) >= 11 is 0. The summed E-state index contributed by atoms with van der Waals surface area (Å²) in [5.41, 5.74) is 2.46. The minimum atomic E-state index is 0.531. The molecule has 1 aliphatic rings. The van der Waals surface area contributed by atoms with Crippen LogP contribution in [0, 0.1) is 17.8 Å². The third-order valence-electron chi connectivity index (χ3n) is 5.61. The van der Waals surface area contributed by atoms with Crippen molar-refractivity contribution in [2.75, 3.05) is 6.61 Å². The van der Waals surface area contributed by atoms with Crippen LogP contribution in [0.3, 0.4) is 0 Å². The Balaban J connectivity index is 1.50. The second-order valence-electron chi connectivity index (χ2n) is 7.98. The fourth-order valence-electron chi connectivity index (χ4n) is 3.73. The van der Waals surface area contributed by atoms with E-state index in [9.17, 15) is 0 Å². The first-order valence-electron chi connectivity index (χ1n) is 10.8. The Kier molecular flexibility index (Phi) is 7.91. The lowest BCUT2D eigenvalue weighted by atomic mass is 9.79. The molecule has 1 fully saturated rings. The van der Waals surface area contributed by atoms with Crippen LogP contribution in [0.2, 0.25) is 0 Å². The van der Waals surface area contributed by atoms with E-state index in [0.29, 0.717) is 11.6 Å². The standard InChI is InChI=1S/C25H32N2O/c1-3-4-5-6-17-28-24-18-26-25(27-19-24)16-11-21-9-14-23(15-10-21)22-12-7-20(2)8-13-22/h9-10,14-15,18-20,22H,3-8,12-13,17H2,1-2H3. The Labute approximate surface area is 170 Å².